The van der Waals surface area contributed by atoms with E-state index in [0.29, 0.717) is 6.61 Å². The second kappa shape index (κ2) is 6.91. The fraction of sp³-hybridized carbons (Fsp3) is 0.286. The lowest BCUT2D eigenvalue weighted by Crippen LogP contribution is -2.06. The molecule has 0 radical (unpaired) electrons. The Labute approximate surface area is 143 Å². The Hall–Kier alpha value is -2.55. The molecule has 0 spiro atoms. The average Bonchev–Trinajstić information content (AvgIpc) is 2.57. The summed E-state index contributed by atoms with van der Waals surface area (Å²) in [6.45, 7) is 9.86. The van der Waals surface area contributed by atoms with Crippen LogP contribution in [0, 0.1) is 20.8 Å². The van der Waals surface area contributed by atoms with E-state index in [0.717, 1.165) is 28.9 Å². The molecule has 0 amide bonds. The first kappa shape index (κ1) is 16.3. The molecule has 3 rings (SSSR count). The Morgan fingerprint density at radius 3 is 2.62 bits per heavy atom. The lowest BCUT2D eigenvalue weighted by molar-refractivity contribution is 0.308. The van der Waals surface area contributed by atoms with Gasteiger partial charge in [-0.1, -0.05) is 24.3 Å². The van der Waals surface area contributed by atoms with Crippen molar-refractivity contribution in [1.82, 2.24) is 4.98 Å². The minimum absolute atomic E-state index is 0.547. The van der Waals surface area contributed by atoms with E-state index in [1.54, 1.807) is 0 Å². The number of fused-ring (bicyclic) bond motifs is 1. The molecule has 0 aliphatic heterocycles. The van der Waals surface area contributed by atoms with Crippen LogP contribution >= 0.6 is 0 Å². The summed E-state index contributed by atoms with van der Waals surface area (Å²) < 4.78 is 6.16. The fourth-order valence-corrected chi connectivity index (χ4v) is 2.98. The first-order valence-corrected chi connectivity index (χ1v) is 8.42. The molecule has 1 aromatic heterocycles. The highest BCUT2D eigenvalue weighted by Crippen LogP contribution is 2.27. The molecule has 124 valence electrons. The largest absolute Gasteiger partial charge is 0.487 e. The number of anilines is 1. The van der Waals surface area contributed by atoms with E-state index in [2.05, 4.69) is 55.3 Å². The third-order valence-corrected chi connectivity index (χ3v) is 4.39. The van der Waals surface area contributed by atoms with Crippen LogP contribution in [0.1, 0.15) is 29.3 Å². The van der Waals surface area contributed by atoms with E-state index < -0.39 is 0 Å². The van der Waals surface area contributed by atoms with Crippen molar-refractivity contribution in [3.05, 3.63) is 64.8 Å². The number of rotatable bonds is 5. The number of pyridine rings is 1. The van der Waals surface area contributed by atoms with Crippen LogP contribution < -0.4 is 10.1 Å². The van der Waals surface area contributed by atoms with Crippen LogP contribution in [0.15, 0.2) is 42.5 Å². The Morgan fingerprint density at radius 2 is 1.83 bits per heavy atom. The summed E-state index contributed by atoms with van der Waals surface area (Å²) in [5, 5.41) is 4.52. The van der Waals surface area contributed by atoms with Crippen LogP contribution in [0.25, 0.3) is 10.9 Å². The van der Waals surface area contributed by atoms with E-state index >= 15 is 0 Å². The molecule has 0 bridgehead atoms. The Balaban J connectivity index is 1.92. The smallest absolute Gasteiger partial charge is 0.146 e. The normalized spacial score (nSPS) is 10.8. The molecule has 3 heteroatoms. The van der Waals surface area contributed by atoms with E-state index in [1.165, 1.54) is 22.4 Å². The highest BCUT2D eigenvalue weighted by atomic mass is 16.5. The molecule has 0 fully saturated rings. The van der Waals surface area contributed by atoms with Gasteiger partial charge in [0.1, 0.15) is 17.9 Å². The van der Waals surface area contributed by atoms with Gasteiger partial charge in [-0.05, 0) is 62.6 Å². The number of benzene rings is 2. The molecule has 3 nitrogen and oxygen atoms in total. The predicted octanol–water partition coefficient (Wildman–Crippen LogP) is 5.17. The number of ether oxygens (including phenoxy) is 1. The summed E-state index contributed by atoms with van der Waals surface area (Å²) in [5.41, 5.74) is 6.84. The minimum Gasteiger partial charge on any atom is -0.487 e. The molecule has 2 aromatic carbocycles. The molecule has 0 unspecified atom stereocenters. The van der Waals surface area contributed by atoms with Crippen LogP contribution in [-0.4, -0.2) is 11.5 Å². The van der Waals surface area contributed by atoms with Gasteiger partial charge in [0.15, 0.2) is 0 Å². The summed E-state index contributed by atoms with van der Waals surface area (Å²) in [7, 11) is 0. The van der Waals surface area contributed by atoms with E-state index in [4.69, 9.17) is 4.74 Å². The monoisotopic (exact) mass is 320 g/mol. The number of hydrogen-bond acceptors (Lipinski definition) is 3. The molecule has 0 saturated heterocycles. The van der Waals surface area contributed by atoms with Gasteiger partial charge in [0, 0.05) is 23.3 Å². The quantitative estimate of drug-likeness (QED) is 0.704. The zero-order valence-electron chi connectivity index (χ0n) is 14.8. The third-order valence-electron chi connectivity index (χ3n) is 4.39. The minimum atomic E-state index is 0.547. The van der Waals surface area contributed by atoms with E-state index in [1.807, 2.05) is 25.1 Å². The van der Waals surface area contributed by atoms with Crippen LogP contribution in [0.4, 0.5) is 5.69 Å². The van der Waals surface area contributed by atoms with Crippen LogP contribution in [0.5, 0.6) is 5.75 Å². The molecule has 0 aliphatic carbocycles. The standard InChI is InChI=1S/C21H24N2O/c1-5-22-19-12-9-14(2)18(16(19)4)13-24-20-8-6-7-17-11-10-15(3)23-21(17)20/h6-12,22H,5,13H2,1-4H3. The number of aromatic nitrogens is 1. The van der Waals surface area contributed by atoms with Crippen molar-refractivity contribution >= 4 is 16.6 Å². The van der Waals surface area contributed by atoms with Crippen LogP contribution in [-0.2, 0) is 6.61 Å². The molecule has 24 heavy (non-hydrogen) atoms. The van der Waals surface area contributed by atoms with E-state index in [-0.39, 0.29) is 0 Å². The summed E-state index contributed by atoms with van der Waals surface area (Å²) >= 11 is 0. The van der Waals surface area contributed by atoms with Crippen molar-refractivity contribution in [2.24, 2.45) is 0 Å². The summed E-state index contributed by atoms with van der Waals surface area (Å²) in [5.74, 6) is 0.837. The molecule has 0 atom stereocenters. The maximum atomic E-state index is 6.16. The van der Waals surface area contributed by atoms with Gasteiger partial charge in [-0.15, -0.1) is 0 Å². The molecular weight excluding hydrogens is 296 g/mol. The fourth-order valence-electron chi connectivity index (χ4n) is 2.98. The number of nitrogens with zero attached hydrogens (tertiary/aromatic N) is 1. The van der Waals surface area contributed by atoms with Gasteiger partial charge in [0.2, 0.25) is 0 Å². The van der Waals surface area contributed by atoms with Gasteiger partial charge in [-0.25, -0.2) is 4.98 Å². The SMILES string of the molecule is CCNc1ccc(C)c(COc2cccc3ccc(C)nc23)c1C. The van der Waals surface area contributed by atoms with Crippen molar-refractivity contribution < 1.29 is 4.74 Å². The molecule has 1 heterocycles. The van der Waals surface area contributed by atoms with Crippen molar-refractivity contribution in [2.75, 3.05) is 11.9 Å². The van der Waals surface area contributed by atoms with E-state index in [9.17, 15) is 0 Å². The summed E-state index contributed by atoms with van der Waals surface area (Å²) in [6, 6.07) is 14.5. The average molecular weight is 320 g/mol. The number of aryl methyl sites for hydroxylation is 2. The predicted molar refractivity (Wildman–Crippen MR) is 101 cm³/mol. The van der Waals surface area contributed by atoms with Gasteiger partial charge in [0.05, 0.1) is 0 Å². The topological polar surface area (TPSA) is 34.1 Å². The summed E-state index contributed by atoms with van der Waals surface area (Å²) in [6.07, 6.45) is 0. The highest BCUT2D eigenvalue weighted by Gasteiger charge is 2.10. The summed E-state index contributed by atoms with van der Waals surface area (Å²) in [4.78, 5) is 4.64. The van der Waals surface area contributed by atoms with Gasteiger partial charge in [-0.2, -0.15) is 0 Å². The third kappa shape index (κ3) is 3.21. The highest BCUT2D eigenvalue weighted by molar-refractivity contribution is 5.84. The second-order valence-electron chi connectivity index (χ2n) is 6.13. The number of hydrogen-bond donors (Lipinski definition) is 1. The van der Waals surface area contributed by atoms with Gasteiger partial charge < -0.3 is 10.1 Å². The zero-order valence-corrected chi connectivity index (χ0v) is 14.8. The molecule has 0 aliphatic rings. The second-order valence-corrected chi connectivity index (χ2v) is 6.13. The van der Waals surface area contributed by atoms with Crippen LogP contribution in [0.2, 0.25) is 0 Å². The van der Waals surface area contributed by atoms with Crippen molar-refractivity contribution in [3.8, 4) is 5.75 Å². The number of para-hydroxylation sites is 1. The molecule has 3 aromatic rings. The Bertz CT molecular complexity index is 871. The van der Waals surface area contributed by atoms with Gasteiger partial charge >= 0.3 is 0 Å². The van der Waals surface area contributed by atoms with Gasteiger partial charge in [0.25, 0.3) is 0 Å². The lowest BCUT2D eigenvalue weighted by atomic mass is 10.0. The molecule has 0 saturated carbocycles. The lowest BCUT2D eigenvalue weighted by Gasteiger charge is -2.16. The Morgan fingerprint density at radius 1 is 1.00 bits per heavy atom. The molecular formula is C21H24N2O. The Kier molecular flexibility index (Phi) is 4.70. The van der Waals surface area contributed by atoms with Crippen molar-refractivity contribution in [2.45, 2.75) is 34.3 Å². The van der Waals surface area contributed by atoms with Crippen molar-refractivity contribution in [1.29, 1.82) is 0 Å². The maximum Gasteiger partial charge on any atom is 0.146 e. The van der Waals surface area contributed by atoms with Crippen LogP contribution in [0.3, 0.4) is 0 Å². The first-order chi connectivity index (χ1) is 11.6. The number of nitrogens with one attached hydrogen (secondary N) is 1. The van der Waals surface area contributed by atoms with Gasteiger partial charge in [-0.3, -0.25) is 0 Å². The molecule has 1 N–H and O–H groups in total. The zero-order chi connectivity index (χ0) is 17.1. The van der Waals surface area contributed by atoms with Crippen molar-refractivity contribution in [3.63, 3.8) is 0 Å². The first-order valence-electron chi connectivity index (χ1n) is 8.42. The maximum absolute atomic E-state index is 6.16.